The predicted molar refractivity (Wildman–Crippen MR) is 52.3 cm³/mol. The highest BCUT2D eigenvalue weighted by molar-refractivity contribution is 5.37. The molecule has 0 heterocycles. The lowest BCUT2D eigenvalue weighted by Gasteiger charge is -2.01. The van der Waals surface area contributed by atoms with Crippen LogP contribution in [0.4, 0.5) is 4.39 Å². The molecule has 2 rings (SSSR count). The quantitative estimate of drug-likeness (QED) is 0.700. The molecule has 0 saturated heterocycles. The molecule has 0 unspecified atom stereocenters. The number of nitrogens with zero attached hydrogens (tertiary/aromatic N) is 1. The third-order valence-electron chi connectivity index (χ3n) is 2.97. The molecular weight excluding hydrogens is 177 g/mol. The first-order valence-corrected chi connectivity index (χ1v) is 4.95. The summed E-state index contributed by atoms with van der Waals surface area (Å²) in [7, 11) is 0. The summed E-state index contributed by atoms with van der Waals surface area (Å²) in [6, 6.07) is 6.67. The van der Waals surface area contributed by atoms with Crippen molar-refractivity contribution < 1.29 is 4.39 Å². The van der Waals surface area contributed by atoms with Gasteiger partial charge in [-0.2, -0.15) is 5.26 Å². The highest BCUT2D eigenvalue weighted by atomic mass is 19.1. The van der Waals surface area contributed by atoms with Crippen molar-refractivity contribution in [3.63, 3.8) is 0 Å². The average molecular weight is 189 g/mol. The molecule has 0 N–H and O–H groups in total. The Morgan fingerprint density at radius 1 is 1.57 bits per heavy atom. The number of halogens is 1. The van der Waals surface area contributed by atoms with Gasteiger partial charge in [0.15, 0.2) is 0 Å². The topological polar surface area (TPSA) is 23.8 Å². The van der Waals surface area contributed by atoms with Crippen molar-refractivity contribution in [2.75, 3.05) is 0 Å². The zero-order valence-electron chi connectivity index (χ0n) is 8.13. The molecule has 2 heteroatoms. The largest absolute Gasteiger partial charge is 0.207 e. The van der Waals surface area contributed by atoms with Gasteiger partial charge in [-0.1, -0.05) is 13.3 Å². The minimum Gasteiger partial charge on any atom is -0.207 e. The van der Waals surface area contributed by atoms with Crippen LogP contribution < -0.4 is 0 Å². The minimum absolute atomic E-state index is 0.162. The van der Waals surface area contributed by atoms with Gasteiger partial charge in [0, 0.05) is 0 Å². The van der Waals surface area contributed by atoms with Crippen molar-refractivity contribution in [1.29, 1.82) is 5.26 Å². The molecule has 1 saturated carbocycles. The highest BCUT2D eigenvalue weighted by Crippen LogP contribution is 2.50. The second-order valence-corrected chi connectivity index (χ2v) is 3.86. The van der Waals surface area contributed by atoms with E-state index in [4.69, 9.17) is 5.26 Å². The van der Waals surface area contributed by atoms with Gasteiger partial charge in [-0.15, -0.1) is 0 Å². The van der Waals surface area contributed by atoms with E-state index < -0.39 is 0 Å². The van der Waals surface area contributed by atoms with Gasteiger partial charge < -0.3 is 0 Å². The van der Waals surface area contributed by atoms with Crippen molar-refractivity contribution in [2.24, 2.45) is 5.92 Å². The van der Waals surface area contributed by atoms with Gasteiger partial charge in [0.1, 0.15) is 5.82 Å². The fourth-order valence-electron chi connectivity index (χ4n) is 1.98. The Morgan fingerprint density at radius 3 is 2.93 bits per heavy atom. The SMILES string of the molecule is CC[C@H]1C[C@@H]1c1cc(C#N)ccc1F. The molecule has 1 aromatic carbocycles. The number of nitriles is 1. The number of hydrogen-bond donors (Lipinski definition) is 0. The summed E-state index contributed by atoms with van der Waals surface area (Å²) in [6.45, 7) is 2.12. The van der Waals surface area contributed by atoms with E-state index in [-0.39, 0.29) is 5.82 Å². The molecule has 0 spiro atoms. The second kappa shape index (κ2) is 3.42. The van der Waals surface area contributed by atoms with Crippen molar-refractivity contribution >= 4 is 0 Å². The van der Waals surface area contributed by atoms with Crippen LogP contribution in [-0.2, 0) is 0 Å². The van der Waals surface area contributed by atoms with Gasteiger partial charge in [0.05, 0.1) is 11.6 Å². The molecule has 1 aliphatic rings. The van der Waals surface area contributed by atoms with Crippen LogP contribution in [0.2, 0.25) is 0 Å². The molecule has 0 bridgehead atoms. The van der Waals surface area contributed by atoms with Gasteiger partial charge in [-0.25, -0.2) is 4.39 Å². The fraction of sp³-hybridized carbons (Fsp3) is 0.417. The van der Waals surface area contributed by atoms with E-state index in [2.05, 4.69) is 6.92 Å². The normalized spacial score (nSPS) is 24.4. The molecule has 1 nitrogen and oxygen atoms in total. The molecule has 72 valence electrons. The summed E-state index contributed by atoms with van der Waals surface area (Å²) in [5, 5.41) is 8.71. The van der Waals surface area contributed by atoms with Crippen LogP contribution in [0.3, 0.4) is 0 Å². The van der Waals surface area contributed by atoms with Gasteiger partial charge in [0.2, 0.25) is 0 Å². The summed E-state index contributed by atoms with van der Waals surface area (Å²) in [4.78, 5) is 0. The zero-order chi connectivity index (χ0) is 10.1. The lowest BCUT2D eigenvalue weighted by molar-refractivity contribution is 0.604. The maximum atomic E-state index is 13.4. The molecule has 1 aromatic rings. The highest BCUT2D eigenvalue weighted by Gasteiger charge is 2.38. The Balaban J connectivity index is 2.30. The van der Waals surface area contributed by atoms with E-state index in [1.807, 2.05) is 6.07 Å². The second-order valence-electron chi connectivity index (χ2n) is 3.86. The van der Waals surface area contributed by atoms with Crippen LogP contribution in [0.15, 0.2) is 18.2 Å². The molecule has 2 atom stereocenters. The summed E-state index contributed by atoms with van der Waals surface area (Å²) in [5.74, 6) is 0.816. The predicted octanol–water partition coefficient (Wildman–Crippen LogP) is 3.21. The molecule has 0 amide bonds. The van der Waals surface area contributed by atoms with Gasteiger partial charge in [-0.3, -0.25) is 0 Å². The van der Waals surface area contributed by atoms with Crippen molar-refractivity contribution in [2.45, 2.75) is 25.7 Å². The van der Waals surface area contributed by atoms with Crippen LogP contribution in [0.1, 0.15) is 36.8 Å². The third-order valence-corrected chi connectivity index (χ3v) is 2.97. The van der Waals surface area contributed by atoms with Crippen LogP contribution in [0.25, 0.3) is 0 Å². The van der Waals surface area contributed by atoms with Crippen molar-refractivity contribution in [1.82, 2.24) is 0 Å². The minimum atomic E-state index is -0.162. The van der Waals surface area contributed by atoms with E-state index in [1.165, 1.54) is 12.1 Å². The lowest BCUT2D eigenvalue weighted by atomic mass is 10.0. The molecule has 0 aliphatic heterocycles. The van der Waals surface area contributed by atoms with E-state index in [1.54, 1.807) is 6.07 Å². The first-order chi connectivity index (χ1) is 6.76. The van der Waals surface area contributed by atoms with Crippen LogP contribution in [-0.4, -0.2) is 0 Å². The van der Waals surface area contributed by atoms with Gasteiger partial charge in [0.25, 0.3) is 0 Å². The maximum absolute atomic E-state index is 13.4. The Hall–Kier alpha value is -1.36. The van der Waals surface area contributed by atoms with Crippen LogP contribution in [0.5, 0.6) is 0 Å². The number of rotatable bonds is 2. The molecule has 1 aliphatic carbocycles. The lowest BCUT2D eigenvalue weighted by Crippen LogP contribution is -1.90. The average Bonchev–Trinajstić information content (AvgIpc) is 2.98. The van der Waals surface area contributed by atoms with E-state index >= 15 is 0 Å². The van der Waals surface area contributed by atoms with Crippen molar-refractivity contribution in [3.05, 3.63) is 35.1 Å². The standard InChI is InChI=1S/C12H12FN/c1-2-9-6-10(9)11-5-8(7-14)3-4-12(11)13/h3-5,9-10H,2,6H2,1H3/t9-,10-/m0/s1. The third kappa shape index (κ3) is 1.50. The van der Waals surface area contributed by atoms with Gasteiger partial charge in [-0.05, 0) is 42.0 Å². The van der Waals surface area contributed by atoms with Crippen LogP contribution >= 0.6 is 0 Å². The smallest absolute Gasteiger partial charge is 0.126 e. The number of hydrogen-bond acceptors (Lipinski definition) is 1. The van der Waals surface area contributed by atoms with E-state index in [9.17, 15) is 4.39 Å². The van der Waals surface area contributed by atoms with Gasteiger partial charge >= 0.3 is 0 Å². The van der Waals surface area contributed by atoms with E-state index in [0.717, 1.165) is 18.4 Å². The summed E-state index contributed by atoms with van der Waals surface area (Å²) >= 11 is 0. The molecule has 0 radical (unpaired) electrons. The Morgan fingerprint density at radius 2 is 2.36 bits per heavy atom. The van der Waals surface area contributed by atoms with Crippen molar-refractivity contribution in [3.8, 4) is 6.07 Å². The molecular formula is C12H12FN. The monoisotopic (exact) mass is 189 g/mol. The fourth-order valence-corrected chi connectivity index (χ4v) is 1.98. The summed E-state index contributed by atoms with van der Waals surface area (Å²) in [5.41, 5.74) is 1.29. The summed E-state index contributed by atoms with van der Waals surface area (Å²) < 4.78 is 13.4. The molecule has 0 aromatic heterocycles. The number of benzene rings is 1. The Kier molecular flexibility index (Phi) is 2.25. The summed E-state index contributed by atoms with van der Waals surface area (Å²) in [6.07, 6.45) is 2.17. The Bertz CT molecular complexity index is 392. The molecule has 14 heavy (non-hydrogen) atoms. The zero-order valence-corrected chi connectivity index (χ0v) is 8.13. The first-order valence-electron chi connectivity index (χ1n) is 4.95. The van der Waals surface area contributed by atoms with Crippen LogP contribution in [0, 0.1) is 23.1 Å². The molecule has 1 fully saturated rings. The Labute approximate surface area is 83.2 Å². The van der Waals surface area contributed by atoms with E-state index in [0.29, 0.717) is 17.4 Å². The first kappa shape index (κ1) is 9.21. The maximum Gasteiger partial charge on any atom is 0.126 e.